The molecule has 0 radical (unpaired) electrons. The normalized spacial score (nSPS) is 13.9. The molecule has 0 saturated carbocycles. The molecule has 0 aromatic rings. The van der Waals surface area contributed by atoms with Crippen LogP contribution in [-0.4, -0.2) is 68.8 Å². The molecule has 0 aliphatic rings. The van der Waals surface area contributed by atoms with Crippen molar-refractivity contribution in [1.29, 1.82) is 0 Å². The predicted molar refractivity (Wildman–Crippen MR) is 91.7 cm³/mol. The summed E-state index contributed by atoms with van der Waals surface area (Å²) in [6, 6.07) is -3.62. The fourth-order valence-corrected chi connectivity index (χ4v) is 2.18. The average molecular weight is 393 g/mol. The Hall–Kier alpha value is -2.34. The fourth-order valence-electron chi connectivity index (χ4n) is 1.92. The minimum Gasteiger partial charge on any atom is -0.480 e. The Morgan fingerprint density at radius 3 is 1.88 bits per heavy atom. The topological polar surface area (TPSA) is 196 Å². The predicted octanol–water partition coefficient (Wildman–Crippen LogP) is -0.556. The summed E-state index contributed by atoms with van der Waals surface area (Å²) in [7, 11) is 0. The molecule has 0 bridgehead atoms. The summed E-state index contributed by atoms with van der Waals surface area (Å²) in [5.74, 6) is -4.50. The number of amides is 2. The van der Waals surface area contributed by atoms with Gasteiger partial charge in [0.25, 0.3) is 5.24 Å². The monoisotopic (exact) mass is 393 g/mol. The van der Waals surface area contributed by atoms with Crippen LogP contribution in [0.15, 0.2) is 0 Å². The second-order valence-electron chi connectivity index (χ2n) is 5.40. The number of hydrogen-bond donors (Lipinski definition) is 6. The number of thioether (sulfide) groups is 1. The second-order valence-corrected chi connectivity index (χ2v) is 6.18. The molecule has 11 nitrogen and oxygen atoms in total. The van der Waals surface area contributed by atoms with Gasteiger partial charge in [-0.25, -0.2) is 9.59 Å². The first-order valence-electron chi connectivity index (χ1n) is 7.66. The van der Waals surface area contributed by atoms with Crippen molar-refractivity contribution >= 4 is 40.8 Å². The number of carbonyl (C=O) groups excluding carboxylic acids is 2. The molecule has 0 spiro atoms. The van der Waals surface area contributed by atoms with Crippen LogP contribution in [0.4, 0.5) is 4.79 Å². The molecule has 148 valence electrons. The van der Waals surface area contributed by atoms with E-state index in [0.29, 0.717) is 0 Å². The highest BCUT2D eigenvalue weighted by Crippen LogP contribution is 2.06. The van der Waals surface area contributed by atoms with E-state index in [1.165, 1.54) is 6.26 Å². The zero-order chi connectivity index (χ0) is 20.3. The molecule has 0 unspecified atom stereocenters. The van der Waals surface area contributed by atoms with Crippen LogP contribution in [-0.2, 0) is 19.2 Å². The van der Waals surface area contributed by atoms with E-state index in [1.54, 1.807) is 0 Å². The van der Waals surface area contributed by atoms with Crippen LogP contribution in [0.1, 0.15) is 32.1 Å². The number of carbonyl (C=O) groups is 5. The molecule has 0 aliphatic heterocycles. The zero-order valence-electron chi connectivity index (χ0n) is 14.1. The van der Waals surface area contributed by atoms with Gasteiger partial charge in [-0.1, -0.05) is 11.8 Å². The summed E-state index contributed by atoms with van der Waals surface area (Å²) in [6.07, 6.45) is 1.17. The third-order valence-corrected chi connectivity index (χ3v) is 3.88. The minimum atomic E-state index is -1.31. The van der Waals surface area contributed by atoms with Crippen molar-refractivity contribution in [2.45, 2.75) is 50.2 Å². The molecule has 26 heavy (non-hydrogen) atoms. The molecule has 0 aromatic heterocycles. The van der Waals surface area contributed by atoms with E-state index >= 15 is 0 Å². The van der Waals surface area contributed by atoms with Crippen LogP contribution in [0.5, 0.6) is 0 Å². The zero-order valence-corrected chi connectivity index (χ0v) is 15.0. The van der Waals surface area contributed by atoms with Crippen LogP contribution in [0.3, 0.4) is 0 Å². The van der Waals surface area contributed by atoms with E-state index < -0.39 is 47.2 Å². The average Bonchev–Trinajstić information content (AvgIpc) is 2.56. The quantitative estimate of drug-likeness (QED) is 0.250. The molecular formula is C14H23N3O8S. The number of carboxylic acids is 3. The Morgan fingerprint density at radius 2 is 1.42 bits per heavy atom. The molecular weight excluding hydrogens is 370 g/mol. The maximum Gasteiger partial charge on any atom is 0.326 e. The Bertz CT molecular complexity index is 542. The highest BCUT2D eigenvalue weighted by molar-refractivity contribution is 8.12. The minimum absolute atomic E-state index is 0.0202. The van der Waals surface area contributed by atoms with Gasteiger partial charge in [0.1, 0.15) is 18.1 Å². The van der Waals surface area contributed by atoms with E-state index in [0.717, 1.165) is 11.8 Å². The first kappa shape index (κ1) is 23.7. The Labute approximate surface area is 153 Å². The first-order chi connectivity index (χ1) is 12.1. The van der Waals surface area contributed by atoms with Crippen molar-refractivity contribution in [3.05, 3.63) is 0 Å². The summed E-state index contributed by atoms with van der Waals surface area (Å²) in [6.45, 7) is 0. The molecule has 0 heterocycles. The molecule has 0 aliphatic carbocycles. The third kappa shape index (κ3) is 9.84. The van der Waals surface area contributed by atoms with Gasteiger partial charge in [0.05, 0.1) is 0 Å². The lowest BCUT2D eigenvalue weighted by molar-refractivity contribution is -0.142. The maximum absolute atomic E-state index is 11.8. The largest absolute Gasteiger partial charge is 0.480 e. The smallest absolute Gasteiger partial charge is 0.326 e. The summed E-state index contributed by atoms with van der Waals surface area (Å²) in [5, 5.41) is 30.7. The van der Waals surface area contributed by atoms with Crippen molar-refractivity contribution in [3.8, 4) is 0 Å². The molecule has 12 heteroatoms. The van der Waals surface area contributed by atoms with E-state index in [-0.39, 0.29) is 32.1 Å². The van der Waals surface area contributed by atoms with Crippen molar-refractivity contribution in [2.75, 3.05) is 6.26 Å². The Kier molecular flexibility index (Phi) is 11.0. The number of nitrogens with one attached hydrogen (secondary N) is 2. The van der Waals surface area contributed by atoms with Gasteiger partial charge < -0.3 is 31.7 Å². The highest BCUT2D eigenvalue weighted by atomic mass is 32.2. The highest BCUT2D eigenvalue weighted by Gasteiger charge is 2.24. The first-order valence-corrected chi connectivity index (χ1v) is 8.88. The van der Waals surface area contributed by atoms with Crippen LogP contribution in [0.25, 0.3) is 0 Å². The number of nitrogens with two attached hydrogens (primary N) is 1. The lowest BCUT2D eigenvalue weighted by atomic mass is 10.1. The summed E-state index contributed by atoms with van der Waals surface area (Å²) < 4.78 is 0. The lowest BCUT2D eigenvalue weighted by Crippen LogP contribution is -2.43. The molecule has 2 amide bonds. The number of carboxylic acid groups (broad SMARTS) is 3. The van der Waals surface area contributed by atoms with Crippen molar-refractivity contribution in [3.63, 3.8) is 0 Å². The number of hydrogen-bond acceptors (Lipinski definition) is 7. The molecule has 0 saturated heterocycles. The van der Waals surface area contributed by atoms with Crippen LogP contribution in [0.2, 0.25) is 0 Å². The van der Waals surface area contributed by atoms with Gasteiger partial charge in [-0.3, -0.25) is 14.4 Å². The maximum atomic E-state index is 11.8. The number of rotatable bonds is 12. The van der Waals surface area contributed by atoms with E-state index in [9.17, 15) is 24.0 Å². The number of aliphatic carboxylic acids is 3. The van der Waals surface area contributed by atoms with Crippen molar-refractivity contribution in [2.24, 2.45) is 5.73 Å². The molecule has 7 N–H and O–H groups in total. The second kappa shape index (κ2) is 12.1. The van der Waals surface area contributed by atoms with E-state index in [2.05, 4.69) is 10.6 Å². The Balaban J connectivity index is 4.48. The molecule has 3 atom stereocenters. The van der Waals surface area contributed by atoms with Gasteiger partial charge in [-0.2, -0.15) is 0 Å². The fraction of sp³-hybridized carbons (Fsp3) is 0.643. The SMILES string of the molecule is CSC(=O)N[C@@H](CCC(=O)N[C@H](CCC[C@H](N)C(=O)O)C(=O)O)C(=O)O. The van der Waals surface area contributed by atoms with Crippen LogP contribution >= 0.6 is 11.8 Å². The van der Waals surface area contributed by atoms with Crippen molar-refractivity contribution in [1.82, 2.24) is 10.6 Å². The van der Waals surface area contributed by atoms with Crippen molar-refractivity contribution < 1.29 is 39.3 Å². The summed E-state index contributed by atoms with van der Waals surface area (Å²) >= 11 is 0.789. The standard InChI is InChI=1S/C14H23N3O8S/c1-26-14(25)17-9(13(23)24)5-6-10(18)16-8(12(21)22)4-2-3-7(15)11(19)20/h7-9H,2-6,15H2,1H3,(H,16,18)(H,17,25)(H,19,20)(H,21,22)(H,23,24)/t7-,8+,9-/m0/s1. The van der Waals surface area contributed by atoms with Gasteiger partial charge in [0, 0.05) is 6.42 Å². The lowest BCUT2D eigenvalue weighted by Gasteiger charge is -2.17. The van der Waals surface area contributed by atoms with E-state index in [1.807, 2.05) is 0 Å². The Morgan fingerprint density at radius 1 is 0.885 bits per heavy atom. The van der Waals surface area contributed by atoms with E-state index in [4.69, 9.17) is 21.1 Å². The van der Waals surface area contributed by atoms with Gasteiger partial charge in [-0.15, -0.1) is 0 Å². The van der Waals surface area contributed by atoms with Gasteiger partial charge in [0.15, 0.2) is 0 Å². The van der Waals surface area contributed by atoms with Crippen LogP contribution < -0.4 is 16.4 Å². The molecule has 0 aromatic carbocycles. The summed E-state index contributed by atoms with van der Waals surface area (Å²) in [4.78, 5) is 55.9. The van der Waals surface area contributed by atoms with Gasteiger partial charge in [0.2, 0.25) is 5.91 Å². The third-order valence-electron chi connectivity index (χ3n) is 3.39. The van der Waals surface area contributed by atoms with Gasteiger partial charge in [-0.05, 0) is 31.9 Å². The molecule has 0 rings (SSSR count). The summed E-state index contributed by atoms with van der Waals surface area (Å²) in [5.41, 5.74) is 5.31. The van der Waals surface area contributed by atoms with Crippen LogP contribution in [0, 0.1) is 0 Å². The van der Waals surface area contributed by atoms with Gasteiger partial charge >= 0.3 is 17.9 Å². The molecule has 0 fully saturated rings.